The van der Waals surface area contributed by atoms with Crippen LogP contribution in [0.25, 0.3) is 0 Å². The molecule has 0 unspecified atom stereocenters. The van der Waals surface area contributed by atoms with E-state index >= 15 is 0 Å². The lowest BCUT2D eigenvalue weighted by atomic mass is 9.96. The number of unbranched alkanes of at least 4 members (excludes halogenated alkanes) is 13. The summed E-state index contributed by atoms with van der Waals surface area (Å²) in [7, 11) is 2.66. The van der Waals surface area contributed by atoms with E-state index in [9.17, 15) is 13.0 Å². The maximum Gasteiger partial charge on any atom is 0.159 e. The average Bonchev–Trinajstić information content (AvgIpc) is 2.67. The van der Waals surface area contributed by atoms with Crippen molar-refractivity contribution in [1.29, 1.82) is 0 Å². The minimum Gasteiger partial charge on any atom is -0.735 e. The summed E-state index contributed by atoms with van der Waals surface area (Å²) < 4.78 is 33.9. The molecule has 1 rings (SSSR count). The third-order valence-corrected chi connectivity index (χ3v) is 6.72. The van der Waals surface area contributed by atoms with Crippen molar-refractivity contribution in [1.82, 2.24) is 4.72 Å². The molecule has 6 heteroatoms. The van der Waals surface area contributed by atoms with Crippen molar-refractivity contribution >= 4 is 10.3 Å². The molecular formula is C25H54N2O3S. The highest BCUT2D eigenvalue weighted by molar-refractivity contribution is 7.83. The number of nitrogens with zero attached hydrogens (tertiary/aromatic N) is 1. The second-order valence-electron chi connectivity index (χ2n) is 10.5. The highest BCUT2D eigenvalue weighted by atomic mass is 32.2. The van der Waals surface area contributed by atoms with Gasteiger partial charge in [0.2, 0.25) is 0 Å². The van der Waals surface area contributed by atoms with Gasteiger partial charge in [0.1, 0.15) is 0 Å². The molecule has 1 fully saturated rings. The lowest BCUT2D eigenvalue weighted by Crippen LogP contribution is -2.35. The SMILES string of the molecule is CCCCCCCCCCCCCCCC[N+](C)(C)C.O=S(=O)([O-])NC1CCCCC1. The van der Waals surface area contributed by atoms with Crippen molar-refractivity contribution in [2.75, 3.05) is 27.7 Å². The zero-order valence-corrected chi connectivity index (χ0v) is 22.1. The van der Waals surface area contributed by atoms with E-state index in [1.54, 1.807) is 0 Å². The zero-order chi connectivity index (χ0) is 23.4. The van der Waals surface area contributed by atoms with Crippen LogP contribution in [0.15, 0.2) is 0 Å². The fraction of sp³-hybridized carbons (Fsp3) is 1.00. The van der Waals surface area contributed by atoms with Gasteiger partial charge < -0.3 is 9.04 Å². The Labute approximate surface area is 195 Å². The van der Waals surface area contributed by atoms with Crippen LogP contribution < -0.4 is 4.72 Å². The van der Waals surface area contributed by atoms with Crippen molar-refractivity contribution in [3.63, 3.8) is 0 Å². The molecule has 0 amide bonds. The predicted octanol–water partition coefficient (Wildman–Crippen LogP) is 6.54. The van der Waals surface area contributed by atoms with E-state index in [0.29, 0.717) is 0 Å². The molecule has 0 aliphatic heterocycles. The first-order valence-corrected chi connectivity index (χ1v) is 14.6. The summed E-state index contributed by atoms with van der Waals surface area (Å²) in [5, 5.41) is 0. The Balaban J connectivity index is 0.000000683. The van der Waals surface area contributed by atoms with Gasteiger partial charge in [0, 0.05) is 6.04 Å². The Morgan fingerprint density at radius 3 is 1.45 bits per heavy atom. The molecule has 1 aliphatic carbocycles. The first-order valence-electron chi connectivity index (χ1n) is 13.2. The van der Waals surface area contributed by atoms with Gasteiger partial charge in [-0.3, -0.25) is 0 Å². The van der Waals surface area contributed by atoms with Crippen molar-refractivity contribution in [2.45, 2.75) is 135 Å². The Bertz CT molecular complexity index is 483. The standard InChI is InChI=1S/C19H42N.C6H13NO3S/c1-5-6-7-8-9-10-11-12-13-14-15-16-17-18-19-20(2,3)4;8-11(9,10)7-6-4-2-1-3-5-6/h5-19H2,1-4H3;6-7H,1-5H2,(H,8,9,10)/q+1;/p-1. The molecule has 0 atom stereocenters. The average molecular weight is 463 g/mol. The summed E-state index contributed by atoms with van der Waals surface area (Å²) in [6.07, 6.45) is 25.2. The topological polar surface area (TPSA) is 69.2 Å². The molecule has 31 heavy (non-hydrogen) atoms. The Morgan fingerprint density at radius 2 is 1.10 bits per heavy atom. The fourth-order valence-corrected chi connectivity index (χ4v) is 4.85. The molecule has 188 valence electrons. The first-order chi connectivity index (χ1) is 14.6. The maximum absolute atomic E-state index is 10.2. The summed E-state index contributed by atoms with van der Waals surface area (Å²) in [5.41, 5.74) is 0. The van der Waals surface area contributed by atoms with Gasteiger partial charge in [-0.25, -0.2) is 13.1 Å². The van der Waals surface area contributed by atoms with E-state index in [1.807, 2.05) is 0 Å². The van der Waals surface area contributed by atoms with Crippen LogP contribution in [-0.4, -0.2) is 51.2 Å². The van der Waals surface area contributed by atoms with Crippen LogP contribution in [0.2, 0.25) is 0 Å². The quantitative estimate of drug-likeness (QED) is 0.151. The van der Waals surface area contributed by atoms with Gasteiger partial charge in [0.15, 0.2) is 10.3 Å². The number of nitrogens with one attached hydrogen (secondary N) is 1. The fourth-order valence-electron chi connectivity index (χ4n) is 4.21. The first kappa shape index (κ1) is 30.8. The lowest BCUT2D eigenvalue weighted by molar-refractivity contribution is -0.870. The summed E-state index contributed by atoms with van der Waals surface area (Å²) in [6.45, 7) is 3.63. The Morgan fingerprint density at radius 1 is 0.710 bits per heavy atom. The molecule has 0 bridgehead atoms. The van der Waals surface area contributed by atoms with Crippen molar-refractivity contribution in [3.05, 3.63) is 0 Å². The van der Waals surface area contributed by atoms with Gasteiger partial charge in [0.05, 0.1) is 27.7 Å². The third kappa shape index (κ3) is 26.0. The lowest BCUT2D eigenvalue weighted by Gasteiger charge is -2.23. The molecule has 0 aromatic carbocycles. The predicted molar refractivity (Wildman–Crippen MR) is 133 cm³/mol. The van der Waals surface area contributed by atoms with Gasteiger partial charge in [-0.05, 0) is 25.7 Å². The zero-order valence-electron chi connectivity index (χ0n) is 21.3. The summed E-state index contributed by atoms with van der Waals surface area (Å²) in [6, 6.07) is -0.105. The van der Waals surface area contributed by atoms with Crippen LogP contribution in [-0.2, 0) is 10.3 Å². The Hall–Kier alpha value is -0.170. The molecule has 0 radical (unpaired) electrons. The van der Waals surface area contributed by atoms with Gasteiger partial charge in [0.25, 0.3) is 0 Å². The second-order valence-corrected chi connectivity index (χ2v) is 11.7. The van der Waals surface area contributed by atoms with Crippen molar-refractivity contribution in [3.8, 4) is 0 Å². The van der Waals surface area contributed by atoms with Crippen LogP contribution >= 0.6 is 0 Å². The minimum absolute atomic E-state index is 0.105. The normalized spacial score (nSPS) is 15.5. The van der Waals surface area contributed by atoms with E-state index < -0.39 is 10.3 Å². The molecule has 1 N–H and O–H groups in total. The third-order valence-electron chi connectivity index (χ3n) is 6.10. The largest absolute Gasteiger partial charge is 0.735 e. The van der Waals surface area contributed by atoms with Crippen LogP contribution in [0.3, 0.4) is 0 Å². The van der Waals surface area contributed by atoms with Crippen LogP contribution in [0.4, 0.5) is 0 Å². The maximum atomic E-state index is 10.2. The van der Waals surface area contributed by atoms with Crippen LogP contribution in [0, 0.1) is 0 Å². The molecule has 0 saturated heterocycles. The number of hydrogen-bond acceptors (Lipinski definition) is 3. The van der Waals surface area contributed by atoms with E-state index in [0.717, 1.165) is 36.6 Å². The van der Waals surface area contributed by atoms with Gasteiger partial charge in [-0.1, -0.05) is 103 Å². The Kier molecular flexibility index (Phi) is 19.2. The molecule has 1 aliphatic rings. The highest BCUT2D eigenvalue weighted by Gasteiger charge is 2.14. The number of hydrogen-bond donors (Lipinski definition) is 1. The van der Waals surface area contributed by atoms with Gasteiger partial charge in [-0.2, -0.15) is 0 Å². The monoisotopic (exact) mass is 462 g/mol. The summed E-state index contributed by atoms with van der Waals surface area (Å²) in [4.78, 5) is 0. The highest BCUT2D eigenvalue weighted by Crippen LogP contribution is 2.17. The molecule has 1 saturated carbocycles. The summed E-state index contributed by atoms with van der Waals surface area (Å²) >= 11 is 0. The summed E-state index contributed by atoms with van der Waals surface area (Å²) in [5.74, 6) is 0. The van der Waals surface area contributed by atoms with E-state index in [4.69, 9.17) is 0 Å². The minimum atomic E-state index is -4.22. The molecule has 0 aromatic heterocycles. The molecule has 0 spiro atoms. The number of rotatable bonds is 17. The van der Waals surface area contributed by atoms with E-state index in [1.165, 1.54) is 96.4 Å². The smallest absolute Gasteiger partial charge is 0.159 e. The van der Waals surface area contributed by atoms with Crippen LogP contribution in [0.1, 0.15) is 129 Å². The molecule has 5 nitrogen and oxygen atoms in total. The van der Waals surface area contributed by atoms with E-state index in [2.05, 4.69) is 32.8 Å². The van der Waals surface area contributed by atoms with Crippen LogP contribution in [0.5, 0.6) is 0 Å². The van der Waals surface area contributed by atoms with E-state index in [-0.39, 0.29) is 6.04 Å². The second kappa shape index (κ2) is 19.3. The van der Waals surface area contributed by atoms with Crippen molar-refractivity contribution < 1.29 is 17.5 Å². The molecule has 0 heterocycles. The van der Waals surface area contributed by atoms with Gasteiger partial charge in [-0.15, -0.1) is 0 Å². The number of quaternary nitrogens is 1. The molecule has 0 aromatic rings. The van der Waals surface area contributed by atoms with Gasteiger partial charge >= 0.3 is 0 Å². The molecular weight excluding hydrogens is 408 g/mol. The van der Waals surface area contributed by atoms with Crippen molar-refractivity contribution in [2.24, 2.45) is 0 Å².